The molecule has 6 heteroatoms. The van der Waals surface area contributed by atoms with Gasteiger partial charge < -0.3 is 16.0 Å². The lowest BCUT2D eigenvalue weighted by Crippen LogP contribution is -2.11. The van der Waals surface area contributed by atoms with Crippen LogP contribution in [0.15, 0.2) is 58.5 Å². The van der Waals surface area contributed by atoms with Crippen molar-refractivity contribution in [2.45, 2.75) is 12.8 Å². The smallest absolute Gasteiger partial charge is 0.211 e. The molecule has 0 spiro atoms. The fourth-order valence-electron chi connectivity index (χ4n) is 2.24. The maximum Gasteiger partial charge on any atom is 0.211 e. The van der Waals surface area contributed by atoms with Gasteiger partial charge in [0.25, 0.3) is 0 Å². The number of amides is 1. The van der Waals surface area contributed by atoms with Crippen molar-refractivity contribution in [3.05, 3.63) is 64.1 Å². The minimum Gasteiger partial charge on any atom is -0.400 e. The zero-order valence-electron chi connectivity index (χ0n) is 13.8. The van der Waals surface area contributed by atoms with E-state index in [1.54, 1.807) is 24.4 Å². The van der Waals surface area contributed by atoms with Gasteiger partial charge in [0.15, 0.2) is 0 Å². The molecule has 0 fully saturated rings. The van der Waals surface area contributed by atoms with Crippen molar-refractivity contribution in [2.75, 3.05) is 19.4 Å². The summed E-state index contributed by atoms with van der Waals surface area (Å²) in [4.78, 5) is 17.1. The van der Waals surface area contributed by atoms with E-state index in [0.29, 0.717) is 30.0 Å². The molecule has 1 aliphatic rings. The minimum atomic E-state index is 0.560. The second kappa shape index (κ2) is 8.36. The third-order valence-corrected chi connectivity index (χ3v) is 3.94. The molecule has 1 aromatic carbocycles. The van der Waals surface area contributed by atoms with Gasteiger partial charge in [-0.1, -0.05) is 23.8 Å². The van der Waals surface area contributed by atoms with Crippen molar-refractivity contribution in [2.24, 2.45) is 10.7 Å². The molecule has 0 atom stereocenters. The number of nitrogens with zero attached hydrogens (tertiary/aromatic N) is 2. The molecule has 0 aliphatic heterocycles. The van der Waals surface area contributed by atoms with Gasteiger partial charge in [0.05, 0.1) is 5.70 Å². The quantitative estimate of drug-likeness (QED) is 0.636. The topological polar surface area (TPSA) is 70.7 Å². The molecule has 0 radical (unpaired) electrons. The first-order valence-corrected chi connectivity index (χ1v) is 7.94. The summed E-state index contributed by atoms with van der Waals surface area (Å²) in [6.07, 6.45) is 9.76. The molecule has 1 aromatic rings. The molecule has 5 nitrogen and oxygen atoms in total. The second-order valence-electron chi connectivity index (χ2n) is 5.56. The van der Waals surface area contributed by atoms with Gasteiger partial charge in [0.1, 0.15) is 0 Å². The van der Waals surface area contributed by atoms with Crippen LogP contribution >= 0.6 is 11.6 Å². The Morgan fingerprint density at radius 2 is 2.12 bits per heavy atom. The number of rotatable bonds is 5. The highest BCUT2D eigenvalue weighted by Crippen LogP contribution is 2.21. The second-order valence-corrected chi connectivity index (χ2v) is 5.97. The molecular formula is C18H21ClN4O. The van der Waals surface area contributed by atoms with E-state index in [9.17, 15) is 4.79 Å². The largest absolute Gasteiger partial charge is 0.400 e. The van der Waals surface area contributed by atoms with Crippen LogP contribution in [0.25, 0.3) is 0 Å². The van der Waals surface area contributed by atoms with Crippen LogP contribution in [0.2, 0.25) is 5.02 Å². The van der Waals surface area contributed by atoms with E-state index in [-0.39, 0.29) is 0 Å². The molecule has 126 valence electrons. The number of anilines is 1. The number of halogens is 1. The molecule has 0 bridgehead atoms. The predicted octanol–water partition coefficient (Wildman–Crippen LogP) is 3.29. The number of benzene rings is 1. The number of carbonyl (C=O) groups is 1. The number of aliphatic imine (C=N–C) groups is 1. The van der Waals surface area contributed by atoms with E-state index in [0.717, 1.165) is 22.7 Å². The van der Waals surface area contributed by atoms with Crippen molar-refractivity contribution in [3.63, 3.8) is 0 Å². The minimum absolute atomic E-state index is 0.560. The van der Waals surface area contributed by atoms with E-state index < -0.39 is 0 Å². The third kappa shape index (κ3) is 4.73. The summed E-state index contributed by atoms with van der Waals surface area (Å²) in [6, 6.07) is 5.21. The Kier molecular flexibility index (Phi) is 6.21. The molecule has 0 unspecified atom stereocenters. The Labute approximate surface area is 147 Å². The fraction of sp³-hybridized carbons (Fsp3) is 0.222. The first kappa shape index (κ1) is 17.8. The van der Waals surface area contributed by atoms with Gasteiger partial charge in [-0.15, -0.1) is 0 Å². The summed E-state index contributed by atoms with van der Waals surface area (Å²) in [7, 11) is 4.00. The number of allylic oxidation sites excluding steroid dienone is 3. The third-order valence-electron chi connectivity index (χ3n) is 3.60. The zero-order valence-corrected chi connectivity index (χ0v) is 14.5. The summed E-state index contributed by atoms with van der Waals surface area (Å²) >= 11 is 6.19. The molecule has 1 aliphatic carbocycles. The van der Waals surface area contributed by atoms with Gasteiger partial charge in [0, 0.05) is 60.8 Å². The first-order chi connectivity index (χ1) is 11.5. The number of carbonyl (C=O) groups excluding carboxylic acids is 1. The van der Waals surface area contributed by atoms with Crippen molar-refractivity contribution in [1.82, 2.24) is 4.90 Å². The van der Waals surface area contributed by atoms with Crippen LogP contribution in [0, 0.1) is 0 Å². The molecule has 2 rings (SSSR count). The maximum atomic E-state index is 10.6. The van der Waals surface area contributed by atoms with E-state index in [2.05, 4.69) is 22.5 Å². The average molecular weight is 345 g/mol. The van der Waals surface area contributed by atoms with Crippen LogP contribution < -0.4 is 11.1 Å². The first-order valence-electron chi connectivity index (χ1n) is 7.56. The highest BCUT2D eigenvalue weighted by Gasteiger charge is 2.06. The van der Waals surface area contributed by atoms with Crippen molar-refractivity contribution in [3.8, 4) is 0 Å². The lowest BCUT2D eigenvalue weighted by molar-refractivity contribution is -0.105. The summed E-state index contributed by atoms with van der Waals surface area (Å²) in [5.41, 5.74) is 10.2. The SMILES string of the molecule is CN(C)C1=CC/C(N=Cc2cc(NC=O)ccc2Cl)=C(/N)C/C=C\1. The number of nitrogens with one attached hydrogen (secondary N) is 1. The average Bonchev–Trinajstić information content (AvgIpc) is 2.53. The van der Waals surface area contributed by atoms with Crippen LogP contribution in [0.4, 0.5) is 5.69 Å². The zero-order chi connectivity index (χ0) is 17.5. The molecule has 24 heavy (non-hydrogen) atoms. The number of likely N-dealkylation sites (N-methyl/N-ethyl adjacent to an activating group) is 1. The van der Waals surface area contributed by atoms with E-state index in [1.165, 1.54) is 0 Å². The number of nitrogens with two attached hydrogens (primary N) is 1. The number of hydrogen-bond donors (Lipinski definition) is 2. The van der Waals surface area contributed by atoms with Crippen molar-refractivity contribution >= 4 is 29.9 Å². The highest BCUT2D eigenvalue weighted by molar-refractivity contribution is 6.33. The summed E-state index contributed by atoms with van der Waals surface area (Å²) in [5.74, 6) is 0. The maximum absolute atomic E-state index is 10.6. The Bertz CT molecular complexity index is 733. The monoisotopic (exact) mass is 344 g/mol. The van der Waals surface area contributed by atoms with Crippen LogP contribution in [0.3, 0.4) is 0 Å². The number of hydrogen-bond acceptors (Lipinski definition) is 4. The Morgan fingerprint density at radius 3 is 2.83 bits per heavy atom. The summed E-state index contributed by atoms with van der Waals surface area (Å²) in [6.45, 7) is 0. The molecular weight excluding hydrogens is 324 g/mol. The van der Waals surface area contributed by atoms with Gasteiger partial charge in [-0.25, -0.2) is 0 Å². The van der Waals surface area contributed by atoms with Gasteiger partial charge in [-0.3, -0.25) is 9.79 Å². The molecule has 0 heterocycles. The molecule has 0 saturated heterocycles. The highest BCUT2D eigenvalue weighted by atomic mass is 35.5. The Morgan fingerprint density at radius 1 is 1.33 bits per heavy atom. The van der Waals surface area contributed by atoms with Crippen molar-refractivity contribution in [1.29, 1.82) is 0 Å². The normalized spacial score (nSPS) is 19.4. The summed E-state index contributed by atoms with van der Waals surface area (Å²) < 4.78 is 0. The molecule has 1 amide bonds. The Hall–Kier alpha value is -2.53. The van der Waals surface area contributed by atoms with Gasteiger partial charge >= 0.3 is 0 Å². The molecule has 0 aromatic heterocycles. The predicted molar refractivity (Wildman–Crippen MR) is 100 cm³/mol. The standard InChI is InChI=1S/C18H21ClN4O/c1-23(2)15-4-3-5-17(20)18(9-7-15)21-11-13-10-14(22-12-24)6-8-16(13)19/h3-4,6-8,10-12H,5,9,20H2,1-2H3,(H,22,24)/b4-3-,15-7?,18-17-,21-11?. The van der Waals surface area contributed by atoms with Crippen LogP contribution in [0.1, 0.15) is 18.4 Å². The lowest BCUT2D eigenvalue weighted by Gasteiger charge is -2.16. The Balaban J connectivity index is 2.27. The van der Waals surface area contributed by atoms with Gasteiger partial charge in [-0.05, 0) is 24.3 Å². The van der Waals surface area contributed by atoms with Crippen LogP contribution in [-0.4, -0.2) is 31.6 Å². The fourth-order valence-corrected chi connectivity index (χ4v) is 2.41. The van der Waals surface area contributed by atoms with Crippen LogP contribution in [0.5, 0.6) is 0 Å². The lowest BCUT2D eigenvalue weighted by atomic mass is 10.1. The van der Waals surface area contributed by atoms with Crippen molar-refractivity contribution < 1.29 is 4.79 Å². The van der Waals surface area contributed by atoms with E-state index in [4.69, 9.17) is 17.3 Å². The van der Waals surface area contributed by atoms with E-state index >= 15 is 0 Å². The van der Waals surface area contributed by atoms with Crippen LogP contribution in [-0.2, 0) is 4.79 Å². The van der Waals surface area contributed by atoms with Gasteiger partial charge in [-0.2, -0.15) is 0 Å². The molecule has 3 N–H and O–H groups in total. The van der Waals surface area contributed by atoms with E-state index in [1.807, 2.05) is 25.1 Å². The molecule has 0 saturated carbocycles. The summed E-state index contributed by atoms with van der Waals surface area (Å²) in [5, 5.41) is 3.16. The van der Waals surface area contributed by atoms with Gasteiger partial charge in [0.2, 0.25) is 6.41 Å².